The Bertz CT molecular complexity index is 862. The molecule has 1 N–H and O–H groups in total. The summed E-state index contributed by atoms with van der Waals surface area (Å²) in [6, 6.07) is 5.79. The molecule has 0 unspecified atom stereocenters. The molecule has 0 saturated carbocycles. The van der Waals surface area contributed by atoms with Crippen molar-refractivity contribution < 1.29 is 9.59 Å². The Morgan fingerprint density at radius 2 is 1.90 bits per heavy atom. The molecule has 0 bridgehead atoms. The van der Waals surface area contributed by atoms with Gasteiger partial charge in [-0.15, -0.1) is 0 Å². The molecule has 2 amide bonds. The van der Waals surface area contributed by atoms with E-state index in [-0.39, 0.29) is 17.2 Å². The van der Waals surface area contributed by atoms with Crippen LogP contribution < -0.4 is 5.32 Å². The van der Waals surface area contributed by atoms with Crippen LogP contribution in [-0.4, -0.2) is 63.2 Å². The molecule has 2 aromatic rings. The lowest BCUT2D eigenvalue weighted by Crippen LogP contribution is -2.52. The maximum Gasteiger partial charge on any atom is 0.256 e. The monoisotopic (exact) mass is 394 g/mol. The molecule has 29 heavy (non-hydrogen) atoms. The van der Waals surface area contributed by atoms with Gasteiger partial charge in [0.1, 0.15) is 0 Å². The third-order valence-corrected chi connectivity index (χ3v) is 6.06. The van der Waals surface area contributed by atoms with Crippen molar-refractivity contribution >= 4 is 17.8 Å². The largest absolute Gasteiger partial charge is 0.357 e. The Morgan fingerprint density at radius 3 is 2.55 bits per heavy atom. The summed E-state index contributed by atoms with van der Waals surface area (Å²) in [5, 5.41) is 2.85. The Hall–Kier alpha value is -3.03. The molecule has 1 spiro atoms. The zero-order valence-corrected chi connectivity index (χ0v) is 16.7. The van der Waals surface area contributed by atoms with Crippen LogP contribution in [0.25, 0.3) is 0 Å². The summed E-state index contributed by atoms with van der Waals surface area (Å²) >= 11 is 0. The molecule has 0 atom stereocenters. The summed E-state index contributed by atoms with van der Waals surface area (Å²) < 4.78 is 0. The van der Waals surface area contributed by atoms with Gasteiger partial charge in [0.2, 0.25) is 11.9 Å². The first-order valence-electron chi connectivity index (χ1n) is 10.1. The van der Waals surface area contributed by atoms with Crippen molar-refractivity contribution in [2.24, 2.45) is 5.41 Å². The molecule has 0 radical (unpaired) electrons. The van der Waals surface area contributed by atoms with E-state index in [1.165, 1.54) is 0 Å². The third-order valence-electron chi connectivity index (χ3n) is 6.06. The number of hydrogen-bond donors (Lipinski definition) is 1. The molecule has 2 aliphatic rings. The van der Waals surface area contributed by atoms with Crippen LogP contribution in [0.3, 0.4) is 0 Å². The highest BCUT2D eigenvalue weighted by Crippen LogP contribution is 2.40. The van der Waals surface area contributed by atoms with Gasteiger partial charge in [-0.3, -0.25) is 14.6 Å². The number of amides is 2. The maximum atomic E-state index is 12.8. The lowest BCUT2D eigenvalue weighted by Gasteiger charge is -2.47. The second kappa shape index (κ2) is 8.14. The predicted molar refractivity (Wildman–Crippen MR) is 108 cm³/mol. The Morgan fingerprint density at radius 1 is 1.14 bits per heavy atom. The lowest BCUT2D eigenvalue weighted by atomic mass is 9.72. The van der Waals surface area contributed by atoms with Gasteiger partial charge in [-0.25, -0.2) is 9.97 Å². The predicted octanol–water partition coefficient (Wildman–Crippen LogP) is 1.96. The Balaban J connectivity index is 1.38. The topological polar surface area (TPSA) is 91.3 Å². The molecule has 2 aromatic heterocycles. The van der Waals surface area contributed by atoms with Gasteiger partial charge in [0.15, 0.2) is 0 Å². The molecule has 4 heterocycles. The van der Waals surface area contributed by atoms with E-state index < -0.39 is 0 Å². The van der Waals surface area contributed by atoms with Gasteiger partial charge in [-0.1, -0.05) is 6.07 Å². The summed E-state index contributed by atoms with van der Waals surface area (Å²) in [7, 11) is 1.74. The molecule has 8 nitrogen and oxygen atoms in total. The number of aromatic nitrogens is 3. The van der Waals surface area contributed by atoms with Crippen molar-refractivity contribution in [3.63, 3.8) is 0 Å². The maximum absolute atomic E-state index is 12.8. The fraction of sp³-hybridized carbons (Fsp3) is 0.476. The minimum absolute atomic E-state index is 0.0280. The van der Waals surface area contributed by atoms with Crippen molar-refractivity contribution in [3.8, 4) is 0 Å². The number of nitrogens with one attached hydrogen (secondary N) is 1. The molecule has 4 rings (SSSR count). The molecule has 2 fully saturated rings. The van der Waals surface area contributed by atoms with Crippen LogP contribution in [0.5, 0.6) is 0 Å². The van der Waals surface area contributed by atoms with Crippen molar-refractivity contribution in [3.05, 3.63) is 48.0 Å². The Labute approximate surface area is 170 Å². The number of piperidine rings is 2. The molecule has 0 aromatic carbocycles. The molecular formula is C21H26N6O2. The summed E-state index contributed by atoms with van der Waals surface area (Å²) in [5.74, 6) is 0.667. The van der Waals surface area contributed by atoms with Gasteiger partial charge < -0.3 is 15.1 Å². The number of nitrogens with zero attached hydrogens (tertiary/aromatic N) is 5. The zero-order chi connectivity index (χ0) is 20.3. The SMILES string of the molecule is CNc1ncc(C(=O)N2CCC3(CCC(=O)N(Cc4ccccn4)C3)CC2)cn1. The fourth-order valence-corrected chi connectivity index (χ4v) is 4.28. The van der Waals surface area contributed by atoms with Crippen LogP contribution in [0.4, 0.5) is 5.95 Å². The molecule has 152 valence electrons. The van der Waals surface area contributed by atoms with Crippen LogP contribution in [0.15, 0.2) is 36.8 Å². The highest BCUT2D eigenvalue weighted by molar-refractivity contribution is 5.93. The third kappa shape index (κ3) is 4.21. The quantitative estimate of drug-likeness (QED) is 0.852. The first-order chi connectivity index (χ1) is 14.1. The van der Waals surface area contributed by atoms with E-state index in [0.717, 1.165) is 31.5 Å². The highest BCUT2D eigenvalue weighted by atomic mass is 16.2. The summed E-state index contributed by atoms with van der Waals surface area (Å²) in [4.78, 5) is 41.7. The van der Waals surface area contributed by atoms with Crippen LogP contribution in [-0.2, 0) is 11.3 Å². The van der Waals surface area contributed by atoms with Gasteiger partial charge >= 0.3 is 0 Å². The fourth-order valence-electron chi connectivity index (χ4n) is 4.28. The van der Waals surface area contributed by atoms with Crippen molar-refractivity contribution in [2.45, 2.75) is 32.2 Å². The van der Waals surface area contributed by atoms with Crippen LogP contribution >= 0.6 is 0 Å². The number of pyridine rings is 1. The van der Waals surface area contributed by atoms with E-state index in [1.54, 1.807) is 25.6 Å². The first kappa shape index (κ1) is 19.3. The highest BCUT2D eigenvalue weighted by Gasteiger charge is 2.41. The van der Waals surface area contributed by atoms with Crippen LogP contribution in [0.2, 0.25) is 0 Å². The zero-order valence-electron chi connectivity index (χ0n) is 16.7. The average molecular weight is 394 g/mol. The number of carbonyl (C=O) groups is 2. The Kier molecular flexibility index (Phi) is 5.42. The van der Waals surface area contributed by atoms with Gasteiger partial charge in [-0.05, 0) is 36.8 Å². The summed E-state index contributed by atoms with van der Waals surface area (Å²) in [5.41, 5.74) is 1.51. The van der Waals surface area contributed by atoms with Crippen LogP contribution in [0.1, 0.15) is 41.7 Å². The van der Waals surface area contributed by atoms with E-state index in [9.17, 15) is 9.59 Å². The number of anilines is 1. The molecular weight excluding hydrogens is 368 g/mol. The van der Waals surface area contributed by atoms with Gasteiger partial charge in [0.25, 0.3) is 5.91 Å². The van der Waals surface area contributed by atoms with Crippen molar-refractivity contribution in [2.75, 3.05) is 32.0 Å². The standard InChI is InChI=1S/C21H26N6O2/c1-22-20-24-12-16(13-25-20)19(29)26-10-7-21(8-11-26)6-5-18(28)27(15-21)14-17-4-2-3-9-23-17/h2-4,9,12-13H,5-8,10-11,14-15H2,1H3,(H,22,24,25). The van der Waals surface area contributed by atoms with E-state index in [4.69, 9.17) is 0 Å². The van der Waals surface area contributed by atoms with E-state index in [1.807, 2.05) is 28.0 Å². The van der Waals surface area contributed by atoms with Crippen LogP contribution in [0, 0.1) is 5.41 Å². The van der Waals surface area contributed by atoms with Crippen molar-refractivity contribution in [1.82, 2.24) is 24.8 Å². The van der Waals surface area contributed by atoms with Gasteiger partial charge in [-0.2, -0.15) is 0 Å². The summed E-state index contributed by atoms with van der Waals surface area (Å²) in [6.45, 7) is 2.68. The smallest absolute Gasteiger partial charge is 0.256 e. The molecule has 2 saturated heterocycles. The summed E-state index contributed by atoms with van der Waals surface area (Å²) in [6.07, 6.45) is 8.17. The van der Waals surface area contributed by atoms with E-state index >= 15 is 0 Å². The average Bonchev–Trinajstić information content (AvgIpc) is 2.77. The second-order valence-electron chi connectivity index (χ2n) is 7.91. The minimum Gasteiger partial charge on any atom is -0.357 e. The van der Waals surface area contributed by atoms with Crippen molar-refractivity contribution in [1.29, 1.82) is 0 Å². The molecule has 8 heteroatoms. The molecule has 2 aliphatic heterocycles. The van der Waals surface area contributed by atoms with E-state index in [2.05, 4.69) is 20.3 Å². The number of hydrogen-bond acceptors (Lipinski definition) is 6. The number of rotatable bonds is 4. The van der Waals surface area contributed by atoms with E-state index in [0.29, 0.717) is 37.6 Å². The number of carbonyl (C=O) groups excluding carboxylic acids is 2. The first-order valence-corrected chi connectivity index (χ1v) is 10.1. The van der Waals surface area contributed by atoms with Gasteiger partial charge in [0, 0.05) is 51.7 Å². The second-order valence-corrected chi connectivity index (χ2v) is 7.91. The lowest BCUT2D eigenvalue weighted by molar-refractivity contribution is -0.139. The molecule has 0 aliphatic carbocycles. The minimum atomic E-state index is -0.0280. The number of likely N-dealkylation sites (tertiary alicyclic amines) is 2. The van der Waals surface area contributed by atoms with Gasteiger partial charge in [0.05, 0.1) is 17.8 Å². The normalized spacial score (nSPS) is 18.7.